The van der Waals surface area contributed by atoms with E-state index >= 15 is 0 Å². The van der Waals surface area contributed by atoms with Crippen LogP contribution in [0.2, 0.25) is 0 Å². The molecule has 0 amide bonds. The molecule has 0 bridgehead atoms. The van der Waals surface area contributed by atoms with Gasteiger partial charge in [0.15, 0.2) is 17.5 Å². The van der Waals surface area contributed by atoms with Crippen LogP contribution in [0.5, 0.6) is 0 Å². The van der Waals surface area contributed by atoms with Crippen LogP contribution in [0.4, 0.5) is 0 Å². The molecule has 9 nitrogen and oxygen atoms in total. The smallest absolute Gasteiger partial charge is 0.162 e. The average Bonchev–Trinajstić information content (AvgIpc) is 1.59. The highest BCUT2D eigenvalue weighted by atomic mass is 15.1. The average molecular weight is 1420 g/mol. The number of benzene rings is 15. The van der Waals surface area contributed by atoms with Crippen LogP contribution in [0, 0.1) is 0 Å². The fourth-order valence-electron chi connectivity index (χ4n) is 15.2. The Morgan fingerprint density at radius 3 is 0.712 bits per heavy atom. The summed E-state index contributed by atoms with van der Waals surface area (Å²) < 4.78 is 6.75. The minimum absolute atomic E-state index is 0.712. The number of para-hydroxylation sites is 6. The highest BCUT2D eigenvalue weighted by Gasteiger charge is 2.25. The fraction of sp³-hybridized carbons (Fsp3) is 0. The number of aromatic nitrogens is 9. The van der Waals surface area contributed by atoms with E-state index in [0.29, 0.717) is 11.6 Å². The SMILES string of the molecule is c1ccc(-c2ccc(-c3nc(-c4ccccc4)c4c5ccccc5n(-c5ccccc5)c4n3)cc2)cc1.c1ccc(-c2ccc(-c3nc(-c4ccccc4)nc4c3c3ccccc3n4-c3ccccc3)cc2)cc1.c1ccc(-c2cccc(-c3nc(-c4ccccc4)c4c5ccccc5n(-c5ccccc5)c4n3)c2)cc1. The Labute approximate surface area is 642 Å². The maximum Gasteiger partial charge on any atom is 0.162 e. The summed E-state index contributed by atoms with van der Waals surface area (Å²) >= 11 is 0. The van der Waals surface area contributed by atoms with Crippen molar-refractivity contribution in [3.05, 3.63) is 419 Å². The quantitative estimate of drug-likeness (QED) is 0.121. The summed E-state index contributed by atoms with van der Waals surface area (Å²) in [5, 5.41) is 6.62. The summed E-state index contributed by atoms with van der Waals surface area (Å²) in [5.41, 5.74) is 25.4. The zero-order chi connectivity index (χ0) is 73.8. The molecule has 0 aliphatic carbocycles. The molecule has 21 aromatic rings. The van der Waals surface area contributed by atoms with Gasteiger partial charge in [0.25, 0.3) is 0 Å². The first-order chi connectivity index (χ1) is 55.1. The minimum Gasteiger partial charge on any atom is -0.294 e. The Kier molecular flexibility index (Phi) is 17.8. The predicted molar refractivity (Wildman–Crippen MR) is 458 cm³/mol. The van der Waals surface area contributed by atoms with Gasteiger partial charge in [0.1, 0.15) is 16.9 Å². The van der Waals surface area contributed by atoms with Gasteiger partial charge in [0.05, 0.1) is 49.8 Å². The van der Waals surface area contributed by atoms with Crippen LogP contribution in [0.25, 0.3) is 184 Å². The summed E-state index contributed by atoms with van der Waals surface area (Å²) in [4.78, 5) is 31.2. The third-order valence-electron chi connectivity index (χ3n) is 20.5. The molecule has 6 heterocycles. The van der Waals surface area contributed by atoms with Crippen molar-refractivity contribution in [3.63, 3.8) is 0 Å². The minimum atomic E-state index is 0.712. The molecule has 0 unspecified atom stereocenters. The van der Waals surface area contributed by atoms with Gasteiger partial charge in [-0.15, -0.1) is 0 Å². The van der Waals surface area contributed by atoms with E-state index in [-0.39, 0.29) is 0 Å². The van der Waals surface area contributed by atoms with Gasteiger partial charge in [-0.05, 0) is 94.0 Å². The van der Waals surface area contributed by atoms with Crippen LogP contribution in [0.1, 0.15) is 0 Å². The van der Waals surface area contributed by atoms with E-state index < -0.39 is 0 Å². The van der Waals surface area contributed by atoms with Crippen LogP contribution < -0.4 is 0 Å². The van der Waals surface area contributed by atoms with Crippen molar-refractivity contribution in [3.8, 4) is 118 Å². The second-order valence-corrected chi connectivity index (χ2v) is 27.3. The van der Waals surface area contributed by atoms with Crippen LogP contribution in [0.15, 0.2) is 419 Å². The van der Waals surface area contributed by atoms with E-state index in [1.54, 1.807) is 0 Å². The molecule has 6 aromatic heterocycles. The molecule has 111 heavy (non-hydrogen) atoms. The van der Waals surface area contributed by atoms with Gasteiger partial charge in [-0.1, -0.05) is 358 Å². The first-order valence-electron chi connectivity index (χ1n) is 37.3. The lowest BCUT2D eigenvalue weighted by molar-refractivity contribution is 1.11. The molecule has 0 saturated carbocycles. The molecule has 0 atom stereocenters. The Morgan fingerprint density at radius 2 is 0.369 bits per heavy atom. The highest BCUT2D eigenvalue weighted by molar-refractivity contribution is 6.16. The first kappa shape index (κ1) is 66.6. The van der Waals surface area contributed by atoms with Gasteiger partial charge in [-0.2, -0.15) is 0 Å². The maximum absolute atomic E-state index is 5.23. The second-order valence-electron chi connectivity index (χ2n) is 27.3. The molecule has 9 heteroatoms. The fourth-order valence-corrected chi connectivity index (χ4v) is 15.2. The monoisotopic (exact) mass is 1420 g/mol. The third kappa shape index (κ3) is 12.9. The summed E-state index contributed by atoms with van der Waals surface area (Å²) in [6, 6.07) is 145. The van der Waals surface area contributed by atoms with Crippen LogP contribution in [-0.2, 0) is 0 Å². The number of nitrogens with zero attached hydrogens (tertiary/aromatic N) is 9. The Hall–Kier alpha value is -15.1. The molecule has 0 aliphatic rings. The zero-order valence-corrected chi connectivity index (χ0v) is 60.4. The molecule has 15 aromatic carbocycles. The predicted octanol–water partition coefficient (Wildman–Crippen LogP) is 25.7. The molecule has 0 N–H and O–H groups in total. The van der Waals surface area contributed by atoms with Crippen molar-refractivity contribution < 1.29 is 0 Å². The molecule has 0 radical (unpaired) electrons. The van der Waals surface area contributed by atoms with Gasteiger partial charge < -0.3 is 0 Å². The van der Waals surface area contributed by atoms with Crippen molar-refractivity contribution in [2.75, 3.05) is 0 Å². The molecule has 0 aliphatic heterocycles. The molecule has 0 fully saturated rings. The standard InChI is InChI=1S/3C34H23N3/c1-4-13-24(14-5-1)26-17-12-18-27(23-26)33-35-32(25-15-6-2-7-16-25)31-29-21-10-11-22-30(29)37(34(31)36-33)28-19-8-3-9-20-28;1-4-12-24(13-5-1)25-20-22-26(23-21-25)32-31-29-18-10-11-19-30(29)37(28-16-8-3-9-17-28)34(31)36-33(35-32)27-14-6-2-7-15-27;1-4-12-24(13-5-1)25-20-22-27(23-21-25)33-35-32(26-14-6-2-7-15-26)31-29-18-10-11-19-30(29)37(34(31)36-33)28-16-8-3-9-17-28/h3*1-23H. The van der Waals surface area contributed by atoms with Crippen LogP contribution >= 0.6 is 0 Å². The number of hydrogen-bond acceptors (Lipinski definition) is 6. The number of fused-ring (bicyclic) bond motifs is 9. The number of hydrogen-bond donors (Lipinski definition) is 0. The lowest BCUT2D eigenvalue weighted by atomic mass is 10.0. The van der Waals surface area contributed by atoms with Crippen molar-refractivity contribution in [2.45, 2.75) is 0 Å². The van der Waals surface area contributed by atoms with E-state index in [1.807, 2.05) is 66.7 Å². The van der Waals surface area contributed by atoms with Crippen molar-refractivity contribution >= 4 is 65.8 Å². The van der Waals surface area contributed by atoms with Gasteiger partial charge in [-0.25, -0.2) is 29.9 Å². The Bertz CT molecular complexity index is 6810. The third-order valence-corrected chi connectivity index (χ3v) is 20.5. The normalized spacial score (nSPS) is 11.2. The van der Waals surface area contributed by atoms with Gasteiger partial charge >= 0.3 is 0 Å². The lowest BCUT2D eigenvalue weighted by Gasteiger charge is -2.11. The van der Waals surface area contributed by atoms with Gasteiger partial charge in [-0.3, -0.25) is 13.7 Å². The van der Waals surface area contributed by atoms with Crippen molar-refractivity contribution in [1.29, 1.82) is 0 Å². The Balaban J connectivity index is 0.000000112. The molecule has 21 rings (SSSR count). The summed E-state index contributed by atoms with van der Waals surface area (Å²) in [6.07, 6.45) is 0. The van der Waals surface area contributed by atoms with E-state index in [2.05, 4.69) is 366 Å². The topological polar surface area (TPSA) is 92.1 Å². The van der Waals surface area contributed by atoms with E-state index in [1.165, 1.54) is 27.8 Å². The molecule has 0 spiro atoms. The summed E-state index contributed by atoms with van der Waals surface area (Å²) in [5.74, 6) is 2.14. The van der Waals surface area contributed by atoms with E-state index in [0.717, 1.165) is 145 Å². The lowest BCUT2D eigenvalue weighted by Crippen LogP contribution is -1.99. The van der Waals surface area contributed by atoms with Crippen LogP contribution in [-0.4, -0.2) is 43.6 Å². The van der Waals surface area contributed by atoms with Crippen molar-refractivity contribution in [2.24, 2.45) is 0 Å². The molecule has 522 valence electrons. The first-order valence-corrected chi connectivity index (χ1v) is 37.3. The summed E-state index contributed by atoms with van der Waals surface area (Å²) in [7, 11) is 0. The molecular weight excluding hydrogens is 1350 g/mol. The van der Waals surface area contributed by atoms with E-state index in [9.17, 15) is 0 Å². The van der Waals surface area contributed by atoms with Crippen molar-refractivity contribution in [1.82, 2.24) is 43.6 Å². The largest absolute Gasteiger partial charge is 0.294 e. The van der Waals surface area contributed by atoms with Gasteiger partial charge in [0.2, 0.25) is 0 Å². The zero-order valence-electron chi connectivity index (χ0n) is 60.4. The summed E-state index contributed by atoms with van der Waals surface area (Å²) in [6.45, 7) is 0. The Morgan fingerprint density at radius 1 is 0.153 bits per heavy atom. The van der Waals surface area contributed by atoms with Crippen LogP contribution in [0.3, 0.4) is 0 Å². The van der Waals surface area contributed by atoms with E-state index in [4.69, 9.17) is 29.9 Å². The highest BCUT2D eigenvalue weighted by Crippen LogP contribution is 2.43. The molecular formula is C102H69N9. The number of rotatable bonds is 12. The maximum atomic E-state index is 5.23. The second kappa shape index (κ2) is 29.7. The molecule has 0 saturated heterocycles. The van der Waals surface area contributed by atoms with Gasteiger partial charge in [0, 0.05) is 66.6 Å².